The maximum Gasteiger partial charge on any atom is 0.417 e. The van der Waals surface area contributed by atoms with E-state index in [1.54, 1.807) is 12.1 Å². The highest BCUT2D eigenvalue weighted by Crippen LogP contribution is 2.38. The third kappa shape index (κ3) is 2.96. The number of benzene rings is 2. The van der Waals surface area contributed by atoms with Gasteiger partial charge in [-0.2, -0.15) is 13.2 Å². The molecule has 2 aromatic carbocycles. The number of carbonyl (C=O) groups is 1. The van der Waals surface area contributed by atoms with Crippen molar-refractivity contribution in [2.24, 2.45) is 0 Å². The van der Waals surface area contributed by atoms with Gasteiger partial charge >= 0.3 is 6.18 Å². The predicted molar refractivity (Wildman–Crippen MR) is 67.3 cm³/mol. The van der Waals surface area contributed by atoms with E-state index in [-0.39, 0.29) is 11.1 Å². The minimum absolute atomic E-state index is 0.000556. The molecule has 0 atom stereocenters. The topological polar surface area (TPSA) is 17.1 Å². The van der Waals surface area contributed by atoms with Gasteiger partial charge in [0.15, 0.2) is 0 Å². The van der Waals surface area contributed by atoms with Gasteiger partial charge in [0, 0.05) is 10.6 Å². The quantitative estimate of drug-likeness (QED) is 0.721. The van der Waals surface area contributed by atoms with Crippen molar-refractivity contribution in [2.45, 2.75) is 6.18 Å². The first-order chi connectivity index (χ1) is 8.91. The highest BCUT2D eigenvalue weighted by Gasteiger charge is 2.33. The van der Waals surface area contributed by atoms with E-state index in [0.717, 1.165) is 6.07 Å². The second-order valence-corrected chi connectivity index (χ2v) is 4.37. The summed E-state index contributed by atoms with van der Waals surface area (Å²) in [5, 5.41) is 0.352. The fraction of sp³-hybridized carbons (Fsp3) is 0.0714. The van der Waals surface area contributed by atoms with Crippen LogP contribution in [0.15, 0.2) is 42.5 Å². The van der Waals surface area contributed by atoms with Crippen molar-refractivity contribution in [1.82, 2.24) is 0 Å². The average molecular weight is 285 g/mol. The molecule has 98 valence electrons. The monoisotopic (exact) mass is 284 g/mol. The van der Waals surface area contributed by atoms with E-state index in [1.165, 1.54) is 24.3 Å². The van der Waals surface area contributed by atoms with Crippen LogP contribution in [-0.2, 0) is 6.18 Å². The van der Waals surface area contributed by atoms with Crippen molar-refractivity contribution in [3.05, 3.63) is 58.6 Å². The predicted octanol–water partition coefficient (Wildman–Crippen LogP) is 4.84. The summed E-state index contributed by atoms with van der Waals surface area (Å²) in [4.78, 5) is 10.6. The van der Waals surface area contributed by atoms with Gasteiger partial charge < -0.3 is 0 Å². The van der Waals surface area contributed by atoms with Crippen LogP contribution in [0.2, 0.25) is 5.02 Å². The summed E-state index contributed by atoms with van der Waals surface area (Å²) in [6.07, 6.45) is -4.15. The first kappa shape index (κ1) is 13.6. The summed E-state index contributed by atoms with van der Waals surface area (Å²) in [6.45, 7) is 0. The van der Waals surface area contributed by atoms with Gasteiger partial charge in [-0.3, -0.25) is 4.79 Å². The molecule has 2 rings (SSSR count). The molecule has 0 saturated heterocycles. The molecule has 0 N–H and O–H groups in total. The zero-order valence-electron chi connectivity index (χ0n) is 9.54. The third-order valence-corrected chi connectivity index (χ3v) is 2.86. The molecule has 0 aliphatic heterocycles. The smallest absolute Gasteiger partial charge is 0.298 e. The highest BCUT2D eigenvalue weighted by molar-refractivity contribution is 6.30. The van der Waals surface area contributed by atoms with Gasteiger partial charge in [-0.25, -0.2) is 0 Å². The Morgan fingerprint density at radius 2 is 1.79 bits per heavy atom. The molecule has 0 radical (unpaired) electrons. The first-order valence-electron chi connectivity index (χ1n) is 5.34. The van der Waals surface area contributed by atoms with Crippen LogP contribution in [0.1, 0.15) is 15.9 Å². The zero-order chi connectivity index (χ0) is 14.0. The summed E-state index contributed by atoms with van der Waals surface area (Å²) in [5.41, 5.74) is -0.504. The van der Waals surface area contributed by atoms with Gasteiger partial charge in [-0.15, -0.1) is 0 Å². The fourth-order valence-corrected chi connectivity index (χ4v) is 1.97. The van der Waals surface area contributed by atoms with E-state index in [9.17, 15) is 18.0 Å². The molecule has 0 aromatic heterocycles. The minimum atomic E-state index is -4.53. The zero-order valence-corrected chi connectivity index (χ0v) is 10.3. The Kier molecular flexibility index (Phi) is 3.62. The van der Waals surface area contributed by atoms with Crippen LogP contribution in [0.3, 0.4) is 0 Å². The van der Waals surface area contributed by atoms with Crippen molar-refractivity contribution in [3.8, 4) is 11.1 Å². The second-order valence-electron chi connectivity index (χ2n) is 3.93. The Hall–Kier alpha value is -1.81. The van der Waals surface area contributed by atoms with Crippen LogP contribution < -0.4 is 0 Å². The SMILES string of the molecule is O=Cc1ccc(-c2cccc(Cl)c2)c(C(F)(F)F)c1. The number of halogens is 4. The molecule has 0 unspecified atom stereocenters. The van der Waals surface area contributed by atoms with Crippen molar-refractivity contribution < 1.29 is 18.0 Å². The Bertz CT molecular complexity index is 620. The largest absolute Gasteiger partial charge is 0.417 e. The number of aldehydes is 1. The van der Waals surface area contributed by atoms with Crippen molar-refractivity contribution in [1.29, 1.82) is 0 Å². The lowest BCUT2D eigenvalue weighted by Gasteiger charge is -2.13. The van der Waals surface area contributed by atoms with Crippen molar-refractivity contribution >= 4 is 17.9 Å². The Morgan fingerprint density at radius 3 is 2.37 bits per heavy atom. The highest BCUT2D eigenvalue weighted by atomic mass is 35.5. The number of alkyl halides is 3. The van der Waals surface area contributed by atoms with Crippen LogP contribution in [0.4, 0.5) is 13.2 Å². The number of rotatable bonds is 2. The van der Waals surface area contributed by atoms with E-state index in [4.69, 9.17) is 11.6 Å². The Labute approximate surface area is 112 Å². The molecule has 0 heterocycles. The second kappa shape index (κ2) is 5.05. The summed E-state index contributed by atoms with van der Waals surface area (Å²) < 4.78 is 39.0. The normalized spacial score (nSPS) is 11.4. The molecule has 0 aliphatic carbocycles. The molecule has 0 saturated carbocycles. The maximum absolute atomic E-state index is 13.0. The molecular formula is C14H8ClF3O. The van der Waals surface area contributed by atoms with Gasteiger partial charge in [0.05, 0.1) is 5.56 Å². The molecule has 2 aromatic rings. The summed E-state index contributed by atoms with van der Waals surface area (Å²) >= 11 is 5.78. The lowest BCUT2D eigenvalue weighted by atomic mass is 9.97. The fourth-order valence-electron chi connectivity index (χ4n) is 1.78. The molecule has 0 fully saturated rings. The maximum atomic E-state index is 13.0. The van der Waals surface area contributed by atoms with Gasteiger partial charge in [-0.1, -0.05) is 35.9 Å². The Morgan fingerprint density at radius 1 is 1.05 bits per heavy atom. The van der Waals surface area contributed by atoms with E-state index >= 15 is 0 Å². The molecule has 19 heavy (non-hydrogen) atoms. The summed E-state index contributed by atoms with van der Waals surface area (Å²) in [6, 6.07) is 9.60. The molecule has 0 bridgehead atoms. The molecule has 0 amide bonds. The van der Waals surface area contributed by atoms with E-state index in [0.29, 0.717) is 16.9 Å². The molecule has 0 aliphatic rings. The van der Waals surface area contributed by atoms with Crippen LogP contribution in [-0.4, -0.2) is 6.29 Å². The number of carbonyl (C=O) groups excluding carboxylic acids is 1. The number of hydrogen-bond acceptors (Lipinski definition) is 1. The molecular weight excluding hydrogens is 277 g/mol. The molecule has 5 heteroatoms. The van der Waals surface area contributed by atoms with Crippen molar-refractivity contribution in [3.63, 3.8) is 0 Å². The van der Waals surface area contributed by atoms with Gasteiger partial charge in [0.2, 0.25) is 0 Å². The van der Waals surface area contributed by atoms with E-state index in [1.807, 2.05) is 0 Å². The van der Waals surface area contributed by atoms with E-state index < -0.39 is 11.7 Å². The molecule has 1 nitrogen and oxygen atoms in total. The van der Waals surface area contributed by atoms with Gasteiger partial charge in [0.1, 0.15) is 6.29 Å². The van der Waals surface area contributed by atoms with Crippen molar-refractivity contribution in [2.75, 3.05) is 0 Å². The number of hydrogen-bond donors (Lipinski definition) is 0. The van der Waals surface area contributed by atoms with Crippen LogP contribution in [0, 0.1) is 0 Å². The minimum Gasteiger partial charge on any atom is -0.298 e. The van der Waals surface area contributed by atoms with Gasteiger partial charge in [0.25, 0.3) is 0 Å². The first-order valence-corrected chi connectivity index (χ1v) is 5.72. The average Bonchev–Trinajstić information content (AvgIpc) is 2.37. The Balaban J connectivity index is 2.66. The lowest BCUT2D eigenvalue weighted by molar-refractivity contribution is -0.137. The third-order valence-electron chi connectivity index (χ3n) is 2.62. The van der Waals surface area contributed by atoms with Crippen LogP contribution >= 0.6 is 11.6 Å². The van der Waals surface area contributed by atoms with Gasteiger partial charge in [-0.05, 0) is 29.3 Å². The lowest BCUT2D eigenvalue weighted by Crippen LogP contribution is -2.08. The molecule has 0 spiro atoms. The van der Waals surface area contributed by atoms with Crippen LogP contribution in [0.25, 0.3) is 11.1 Å². The van der Waals surface area contributed by atoms with E-state index in [2.05, 4.69) is 0 Å². The summed E-state index contributed by atoms with van der Waals surface area (Å²) in [5.74, 6) is 0. The van der Waals surface area contributed by atoms with Crippen LogP contribution in [0.5, 0.6) is 0 Å². The standard InChI is InChI=1S/C14H8ClF3O/c15-11-3-1-2-10(7-11)12-5-4-9(8-19)6-13(12)14(16,17)18/h1-8H. The summed E-state index contributed by atoms with van der Waals surface area (Å²) in [7, 11) is 0.